The highest BCUT2D eigenvalue weighted by Crippen LogP contribution is 2.07. The average Bonchev–Trinajstić information content (AvgIpc) is 2.01. The van der Waals surface area contributed by atoms with Crippen LogP contribution >= 0.6 is 0 Å². The number of hydrogen-bond acceptors (Lipinski definition) is 0. The molecule has 0 aliphatic heterocycles. The minimum absolute atomic E-state index is 0.504. The Morgan fingerprint density at radius 2 is 2.18 bits per heavy atom. The van der Waals surface area contributed by atoms with Gasteiger partial charge in [-0.3, -0.25) is 0 Å². The van der Waals surface area contributed by atoms with Crippen molar-refractivity contribution in [3.63, 3.8) is 0 Å². The SMILES string of the molecule is C=CC(=CC(C)C=CC)[CH-]C. The minimum Gasteiger partial charge on any atom is -0.196 e. The van der Waals surface area contributed by atoms with Gasteiger partial charge in [0.05, 0.1) is 0 Å². The first kappa shape index (κ1) is 10.1. The van der Waals surface area contributed by atoms with Crippen molar-refractivity contribution in [1.82, 2.24) is 0 Å². The lowest BCUT2D eigenvalue weighted by Crippen LogP contribution is -1.85. The average molecular weight is 149 g/mol. The molecule has 0 aromatic carbocycles. The lowest BCUT2D eigenvalue weighted by molar-refractivity contribution is 0.929. The second kappa shape index (κ2) is 5.84. The molecule has 0 saturated heterocycles. The van der Waals surface area contributed by atoms with E-state index in [0.29, 0.717) is 5.92 Å². The van der Waals surface area contributed by atoms with E-state index in [0.717, 1.165) is 0 Å². The smallest absolute Gasteiger partial charge is 0.0470 e. The molecule has 62 valence electrons. The Labute approximate surface area is 70.3 Å². The number of hydrogen-bond donors (Lipinski definition) is 0. The lowest BCUT2D eigenvalue weighted by atomic mass is 10.1. The second-order valence-corrected chi connectivity index (χ2v) is 2.54. The Morgan fingerprint density at radius 1 is 1.55 bits per heavy atom. The summed E-state index contributed by atoms with van der Waals surface area (Å²) in [5.74, 6) is 0.504. The first-order chi connectivity index (χ1) is 5.24. The third-order valence-electron chi connectivity index (χ3n) is 1.52. The van der Waals surface area contributed by atoms with E-state index in [9.17, 15) is 0 Å². The zero-order chi connectivity index (χ0) is 8.69. The summed E-state index contributed by atoms with van der Waals surface area (Å²) in [6.07, 6.45) is 10.4. The largest absolute Gasteiger partial charge is 0.196 e. The van der Waals surface area contributed by atoms with Crippen LogP contribution in [-0.2, 0) is 0 Å². The molecule has 0 rings (SSSR count). The van der Waals surface area contributed by atoms with Crippen LogP contribution in [0.5, 0.6) is 0 Å². The van der Waals surface area contributed by atoms with Gasteiger partial charge in [0.1, 0.15) is 0 Å². The maximum absolute atomic E-state index is 3.72. The van der Waals surface area contributed by atoms with E-state index in [1.165, 1.54) is 5.57 Å². The summed E-state index contributed by atoms with van der Waals surface area (Å²) in [5.41, 5.74) is 1.20. The van der Waals surface area contributed by atoms with Gasteiger partial charge in [-0.25, -0.2) is 0 Å². The topological polar surface area (TPSA) is 0 Å². The van der Waals surface area contributed by atoms with Gasteiger partial charge in [-0.15, -0.1) is 0 Å². The normalized spacial score (nSPS) is 15.0. The molecule has 1 atom stereocenters. The quantitative estimate of drug-likeness (QED) is 0.326. The highest BCUT2D eigenvalue weighted by Gasteiger charge is 1.84. The van der Waals surface area contributed by atoms with Crippen LogP contribution in [0.25, 0.3) is 0 Å². The number of allylic oxidation sites excluding steroid dienone is 5. The van der Waals surface area contributed by atoms with Crippen molar-refractivity contribution < 1.29 is 0 Å². The van der Waals surface area contributed by atoms with Gasteiger partial charge in [0.25, 0.3) is 0 Å². The standard InChI is InChI=1S/C11H17/c1-5-8-10(4)9-11(6-2)7-3/h5-10H,2H2,1,3-4H3/q-1. The van der Waals surface area contributed by atoms with Crippen molar-refractivity contribution in [2.45, 2.75) is 20.8 Å². The van der Waals surface area contributed by atoms with Crippen LogP contribution in [0.3, 0.4) is 0 Å². The summed E-state index contributed by atoms with van der Waals surface area (Å²) in [6.45, 7) is 9.94. The molecule has 0 heteroatoms. The van der Waals surface area contributed by atoms with Crippen molar-refractivity contribution in [2.75, 3.05) is 0 Å². The van der Waals surface area contributed by atoms with E-state index in [1.807, 2.05) is 19.9 Å². The maximum atomic E-state index is 3.72. The van der Waals surface area contributed by atoms with Gasteiger partial charge >= 0.3 is 0 Å². The van der Waals surface area contributed by atoms with Crippen molar-refractivity contribution in [3.8, 4) is 0 Å². The fraction of sp³-hybridized carbons (Fsp3) is 0.364. The predicted molar refractivity (Wildman–Crippen MR) is 52.2 cm³/mol. The molecule has 0 aliphatic rings. The first-order valence-electron chi connectivity index (χ1n) is 4.01. The summed E-state index contributed by atoms with van der Waals surface area (Å²) in [7, 11) is 0. The van der Waals surface area contributed by atoms with Crippen molar-refractivity contribution in [1.29, 1.82) is 0 Å². The van der Waals surface area contributed by atoms with Crippen molar-refractivity contribution in [3.05, 3.63) is 42.9 Å². The lowest BCUT2D eigenvalue weighted by Gasteiger charge is -2.09. The molecule has 0 aliphatic carbocycles. The molecule has 0 radical (unpaired) electrons. The molecular weight excluding hydrogens is 132 g/mol. The van der Waals surface area contributed by atoms with Gasteiger partial charge in [0, 0.05) is 0 Å². The highest BCUT2D eigenvalue weighted by molar-refractivity contribution is 5.25. The maximum Gasteiger partial charge on any atom is -0.0470 e. The number of rotatable bonds is 4. The third-order valence-corrected chi connectivity index (χ3v) is 1.52. The molecule has 0 amide bonds. The molecule has 0 spiro atoms. The third kappa shape index (κ3) is 4.49. The van der Waals surface area contributed by atoms with Crippen LogP contribution in [0, 0.1) is 12.3 Å². The van der Waals surface area contributed by atoms with Gasteiger partial charge in [-0.05, 0) is 6.92 Å². The van der Waals surface area contributed by atoms with Gasteiger partial charge < -0.3 is 0 Å². The second-order valence-electron chi connectivity index (χ2n) is 2.54. The molecule has 1 unspecified atom stereocenters. The predicted octanol–water partition coefficient (Wildman–Crippen LogP) is 3.54. The first-order valence-corrected chi connectivity index (χ1v) is 4.01. The Morgan fingerprint density at radius 3 is 2.55 bits per heavy atom. The Balaban J connectivity index is 4.13. The molecule has 0 heterocycles. The molecule has 0 N–H and O–H groups in total. The van der Waals surface area contributed by atoms with Gasteiger partial charge in [0.2, 0.25) is 0 Å². The van der Waals surface area contributed by atoms with E-state index in [4.69, 9.17) is 0 Å². The van der Waals surface area contributed by atoms with E-state index < -0.39 is 0 Å². The van der Waals surface area contributed by atoms with E-state index in [2.05, 4.69) is 38.2 Å². The summed E-state index contributed by atoms with van der Waals surface area (Å²) >= 11 is 0. The monoisotopic (exact) mass is 149 g/mol. The minimum atomic E-state index is 0.504. The van der Waals surface area contributed by atoms with Crippen molar-refractivity contribution in [2.24, 2.45) is 5.92 Å². The molecule has 0 saturated carbocycles. The van der Waals surface area contributed by atoms with E-state index >= 15 is 0 Å². The van der Waals surface area contributed by atoms with Crippen LogP contribution in [-0.4, -0.2) is 0 Å². The van der Waals surface area contributed by atoms with E-state index in [1.54, 1.807) is 0 Å². The highest BCUT2D eigenvalue weighted by atomic mass is 14.0. The van der Waals surface area contributed by atoms with E-state index in [-0.39, 0.29) is 0 Å². The Hall–Kier alpha value is -0.910. The summed E-state index contributed by atoms with van der Waals surface area (Å²) < 4.78 is 0. The van der Waals surface area contributed by atoms with Crippen LogP contribution in [0.2, 0.25) is 0 Å². The Kier molecular flexibility index (Phi) is 5.36. The van der Waals surface area contributed by atoms with Gasteiger partial charge in [0.15, 0.2) is 0 Å². The summed E-state index contributed by atoms with van der Waals surface area (Å²) in [6, 6.07) is 0. The molecular formula is C11H17-. The van der Waals surface area contributed by atoms with Gasteiger partial charge in [-0.1, -0.05) is 31.9 Å². The molecule has 0 nitrogen and oxygen atoms in total. The summed E-state index contributed by atoms with van der Waals surface area (Å²) in [5, 5.41) is 0. The molecule has 0 aromatic heterocycles. The van der Waals surface area contributed by atoms with Crippen LogP contribution in [0.1, 0.15) is 20.8 Å². The van der Waals surface area contributed by atoms with Crippen LogP contribution < -0.4 is 0 Å². The molecule has 0 fully saturated rings. The van der Waals surface area contributed by atoms with Crippen LogP contribution in [0.4, 0.5) is 0 Å². The van der Waals surface area contributed by atoms with Crippen molar-refractivity contribution >= 4 is 0 Å². The van der Waals surface area contributed by atoms with Gasteiger partial charge in [-0.2, -0.15) is 30.7 Å². The summed E-state index contributed by atoms with van der Waals surface area (Å²) in [4.78, 5) is 0. The molecule has 11 heavy (non-hydrogen) atoms. The Bertz CT molecular complexity index is 161. The van der Waals surface area contributed by atoms with Crippen LogP contribution in [0.15, 0.2) is 36.5 Å². The zero-order valence-electron chi connectivity index (χ0n) is 7.67. The fourth-order valence-electron chi connectivity index (χ4n) is 0.945. The zero-order valence-corrected chi connectivity index (χ0v) is 7.67. The molecule has 0 aromatic rings. The fourth-order valence-corrected chi connectivity index (χ4v) is 0.945. The molecule has 0 bridgehead atoms.